The van der Waals surface area contributed by atoms with Gasteiger partial charge in [-0.2, -0.15) is 0 Å². The molecule has 1 aromatic heterocycles. The fourth-order valence-electron chi connectivity index (χ4n) is 2.12. The molecule has 1 atom stereocenters. The number of carbonyl (C=O) groups is 1. The van der Waals surface area contributed by atoms with Gasteiger partial charge in [-0.05, 0) is 19.4 Å². The van der Waals surface area contributed by atoms with Crippen LogP contribution in [-0.2, 0) is 4.74 Å². The van der Waals surface area contributed by atoms with Gasteiger partial charge in [0.15, 0.2) is 0 Å². The molecule has 0 saturated carbocycles. The molecular weight excluding hydrogens is 282 g/mol. The van der Waals surface area contributed by atoms with Crippen molar-refractivity contribution in [2.24, 2.45) is 0 Å². The maximum atomic E-state index is 12.1. The molecule has 7 nitrogen and oxygen atoms in total. The number of rotatable bonds is 7. The third-order valence-corrected chi connectivity index (χ3v) is 3.69. The second kappa shape index (κ2) is 8.65. The van der Waals surface area contributed by atoms with E-state index in [1.807, 2.05) is 0 Å². The molecule has 1 aliphatic rings. The van der Waals surface area contributed by atoms with E-state index in [-0.39, 0.29) is 11.9 Å². The Morgan fingerprint density at radius 2 is 2.23 bits per heavy atom. The highest BCUT2D eigenvalue weighted by molar-refractivity contribution is 5.92. The summed E-state index contributed by atoms with van der Waals surface area (Å²) >= 11 is 0. The van der Waals surface area contributed by atoms with E-state index in [2.05, 4.69) is 39.3 Å². The molecule has 1 aromatic rings. The predicted octanol–water partition coefficient (Wildman–Crippen LogP) is 0.749. The molecule has 0 bridgehead atoms. The van der Waals surface area contributed by atoms with Crippen LogP contribution in [0, 0.1) is 0 Å². The van der Waals surface area contributed by atoms with Crippen molar-refractivity contribution in [2.45, 2.75) is 26.3 Å². The van der Waals surface area contributed by atoms with Gasteiger partial charge in [-0.3, -0.25) is 9.69 Å². The van der Waals surface area contributed by atoms with Crippen LogP contribution in [0.2, 0.25) is 0 Å². The monoisotopic (exact) mass is 307 g/mol. The molecule has 0 aliphatic carbocycles. The summed E-state index contributed by atoms with van der Waals surface area (Å²) in [7, 11) is 0. The van der Waals surface area contributed by atoms with E-state index >= 15 is 0 Å². The number of ether oxygens (including phenoxy) is 1. The van der Waals surface area contributed by atoms with Crippen LogP contribution in [-0.4, -0.2) is 66.2 Å². The van der Waals surface area contributed by atoms with E-state index in [9.17, 15) is 4.79 Å². The van der Waals surface area contributed by atoms with E-state index in [1.165, 1.54) is 0 Å². The molecule has 1 amide bonds. The van der Waals surface area contributed by atoms with E-state index in [0.717, 1.165) is 39.3 Å². The molecule has 2 rings (SSSR count). The minimum absolute atomic E-state index is 0.164. The number of amides is 1. The number of aromatic nitrogens is 2. The zero-order valence-electron chi connectivity index (χ0n) is 13.3. The fourth-order valence-corrected chi connectivity index (χ4v) is 2.12. The Morgan fingerprint density at radius 3 is 2.95 bits per heavy atom. The molecule has 22 heavy (non-hydrogen) atoms. The quantitative estimate of drug-likeness (QED) is 0.774. The van der Waals surface area contributed by atoms with Crippen molar-refractivity contribution < 1.29 is 9.53 Å². The fraction of sp³-hybridized carbons (Fsp3) is 0.667. The normalized spacial score (nSPS) is 17.0. The van der Waals surface area contributed by atoms with Crippen molar-refractivity contribution in [1.82, 2.24) is 20.2 Å². The van der Waals surface area contributed by atoms with Gasteiger partial charge in [-0.25, -0.2) is 9.97 Å². The van der Waals surface area contributed by atoms with Crippen LogP contribution < -0.4 is 10.6 Å². The number of morpholine rings is 1. The van der Waals surface area contributed by atoms with Crippen molar-refractivity contribution in [3.05, 3.63) is 18.0 Å². The number of hydrogen-bond donors (Lipinski definition) is 2. The van der Waals surface area contributed by atoms with E-state index in [1.54, 1.807) is 12.3 Å². The van der Waals surface area contributed by atoms with Crippen LogP contribution in [0.5, 0.6) is 0 Å². The van der Waals surface area contributed by atoms with Crippen molar-refractivity contribution in [3.8, 4) is 0 Å². The SMILES string of the molecule is CCC(C)Nc1nccc(C(=O)NCCN2CCOCC2)n1. The third kappa shape index (κ3) is 5.23. The summed E-state index contributed by atoms with van der Waals surface area (Å²) in [4.78, 5) is 22.8. The van der Waals surface area contributed by atoms with Gasteiger partial charge in [0.2, 0.25) is 5.95 Å². The van der Waals surface area contributed by atoms with Gasteiger partial charge in [-0.1, -0.05) is 6.92 Å². The number of hydrogen-bond acceptors (Lipinski definition) is 6. The standard InChI is InChI=1S/C15H25N5O2/c1-3-12(2)18-15-17-5-4-13(19-15)14(21)16-6-7-20-8-10-22-11-9-20/h4-5,12H,3,6-11H2,1-2H3,(H,16,21)(H,17,18,19). The summed E-state index contributed by atoms with van der Waals surface area (Å²) in [5, 5.41) is 6.07. The smallest absolute Gasteiger partial charge is 0.270 e. The van der Waals surface area contributed by atoms with Gasteiger partial charge in [0.25, 0.3) is 5.91 Å². The summed E-state index contributed by atoms with van der Waals surface area (Å²) in [5.74, 6) is 0.332. The van der Waals surface area contributed by atoms with Gasteiger partial charge in [0, 0.05) is 38.4 Å². The van der Waals surface area contributed by atoms with Crippen LogP contribution in [0.25, 0.3) is 0 Å². The molecule has 122 valence electrons. The van der Waals surface area contributed by atoms with Crippen LogP contribution >= 0.6 is 0 Å². The van der Waals surface area contributed by atoms with Crippen LogP contribution in [0.1, 0.15) is 30.8 Å². The molecular formula is C15H25N5O2. The summed E-state index contributed by atoms with van der Waals surface area (Å²) in [6.07, 6.45) is 2.58. The average molecular weight is 307 g/mol. The lowest BCUT2D eigenvalue weighted by molar-refractivity contribution is 0.0383. The zero-order chi connectivity index (χ0) is 15.8. The lowest BCUT2D eigenvalue weighted by Gasteiger charge is -2.26. The first-order chi connectivity index (χ1) is 10.7. The number of nitrogens with zero attached hydrogens (tertiary/aromatic N) is 3. The van der Waals surface area contributed by atoms with Crippen molar-refractivity contribution in [3.63, 3.8) is 0 Å². The topological polar surface area (TPSA) is 79.4 Å². The summed E-state index contributed by atoms with van der Waals surface area (Å²) < 4.78 is 5.30. The highest BCUT2D eigenvalue weighted by atomic mass is 16.5. The third-order valence-electron chi connectivity index (χ3n) is 3.69. The van der Waals surface area contributed by atoms with Gasteiger partial charge >= 0.3 is 0 Å². The highest BCUT2D eigenvalue weighted by Crippen LogP contribution is 2.04. The Hall–Kier alpha value is -1.73. The maximum Gasteiger partial charge on any atom is 0.270 e. The molecule has 2 N–H and O–H groups in total. The Labute approximate surface area is 131 Å². The Bertz CT molecular complexity index is 477. The van der Waals surface area contributed by atoms with Crippen molar-refractivity contribution in [2.75, 3.05) is 44.7 Å². The molecule has 0 spiro atoms. The maximum absolute atomic E-state index is 12.1. The number of nitrogens with one attached hydrogen (secondary N) is 2. The van der Waals surface area contributed by atoms with E-state index in [4.69, 9.17) is 4.74 Å². The summed E-state index contributed by atoms with van der Waals surface area (Å²) in [5.41, 5.74) is 0.391. The Morgan fingerprint density at radius 1 is 1.45 bits per heavy atom. The molecule has 7 heteroatoms. The summed E-state index contributed by atoms with van der Waals surface area (Å²) in [6.45, 7) is 8.96. The Kier molecular flexibility index (Phi) is 6.54. The van der Waals surface area contributed by atoms with Crippen molar-refractivity contribution >= 4 is 11.9 Å². The minimum atomic E-state index is -0.164. The van der Waals surface area contributed by atoms with Gasteiger partial charge in [0.05, 0.1) is 13.2 Å². The van der Waals surface area contributed by atoms with Gasteiger partial charge in [0.1, 0.15) is 5.69 Å². The first-order valence-electron chi connectivity index (χ1n) is 7.87. The first kappa shape index (κ1) is 16.6. The summed E-state index contributed by atoms with van der Waals surface area (Å²) in [6, 6.07) is 1.91. The van der Waals surface area contributed by atoms with Crippen LogP contribution in [0.3, 0.4) is 0 Å². The molecule has 1 aliphatic heterocycles. The lowest BCUT2D eigenvalue weighted by Crippen LogP contribution is -2.41. The molecule has 0 radical (unpaired) electrons. The first-order valence-corrected chi connectivity index (χ1v) is 7.87. The molecule has 1 saturated heterocycles. The molecule has 1 fully saturated rings. The number of anilines is 1. The second-order valence-corrected chi connectivity index (χ2v) is 5.43. The van der Waals surface area contributed by atoms with Gasteiger partial charge in [-0.15, -0.1) is 0 Å². The zero-order valence-corrected chi connectivity index (χ0v) is 13.3. The largest absolute Gasteiger partial charge is 0.379 e. The highest BCUT2D eigenvalue weighted by Gasteiger charge is 2.12. The van der Waals surface area contributed by atoms with Crippen LogP contribution in [0.4, 0.5) is 5.95 Å². The van der Waals surface area contributed by atoms with Crippen LogP contribution in [0.15, 0.2) is 12.3 Å². The number of carbonyl (C=O) groups excluding carboxylic acids is 1. The molecule has 1 unspecified atom stereocenters. The average Bonchev–Trinajstić information content (AvgIpc) is 2.56. The van der Waals surface area contributed by atoms with Crippen molar-refractivity contribution in [1.29, 1.82) is 0 Å². The van der Waals surface area contributed by atoms with E-state index < -0.39 is 0 Å². The Balaban J connectivity index is 1.80. The molecule has 0 aromatic carbocycles. The predicted molar refractivity (Wildman–Crippen MR) is 85.0 cm³/mol. The molecule has 2 heterocycles. The minimum Gasteiger partial charge on any atom is -0.379 e. The second-order valence-electron chi connectivity index (χ2n) is 5.43. The van der Waals surface area contributed by atoms with E-state index in [0.29, 0.717) is 18.2 Å². The lowest BCUT2D eigenvalue weighted by atomic mass is 10.3. The van der Waals surface area contributed by atoms with Gasteiger partial charge < -0.3 is 15.4 Å².